The van der Waals surface area contributed by atoms with Crippen LogP contribution in [0.5, 0.6) is 0 Å². The lowest BCUT2D eigenvalue weighted by atomic mass is 10.0. The van der Waals surface area contributed by atoms with Crippen molar-refractivity contribution in [1.29, 1.82) is 0 Å². The summed E-state index contributed by atoms with van der Waals surface area (Å²) < 4.78 is 35.0. The fourth-order valence-electron chi connectivity index (χ4n) is 4.07. The SMILES string of the molecule is CCCOC(=O)N(Cc1c(F)cccc1F)c1sc(-c2ccc(NC(=O)NOC)cc2)c(CN(C)C)c1C(=O)N(C)C. The molecule has 0 aliphatic heterocycles. The predicted molar refractivity (Wildman–Crippen MR) is 159 cm³/mol. The summed E-state index contributed by atoms with van der Waals surface area (Å²) in [7, 11) is 8.18. The minimum absolute atomic E-state index is 0.0833. The van der Waals surface area contributed by atoms with E-state index in [1.807, 2.05) is 25.9 Å². The van der Waals surface area contributed by atoms with Crippen molar-refractivity contribution in [1.82, 2.24) is 15.3 Å². The predicted octanol–water partition coefficient (Wildman–Crippen LogP) is 5.69. The molecule has 10 nitrogen and oxygen atoms in total. The zero-order chi connectivity index (χ0) is 31.0. The van der Waals surface area contributed by atoms with Gasteiger partial charge in [-0.1, -0.05) is 25.1 Å². The van der Waals surface area contributed by atoms with Gasteiger partial charge in [-0.05, 0) is 55.9 Å². The number of hydrogen-bond acceptors (Lipinski definition) is 7. The number of thiophene rings is 1. The summed E-state index contributed by atoms with van der Waals surface area (Å²) in [5, 5.41) is 2.83. The van der Waals surface area contributed by atoms with Crippen LogP contribution in [0, 0.1) is 11.6 Å². The van der Waals surface area contributed by atoms with Gasteiger partial charge < -0.3 is 19.9 Å². The first-order valence-corrected chi connectivity index (χ1v) is 13.9. The monoisotopic (exact) mass is 603 g/mol. The number of ether oxygens (including phenoxy) is 1. The first-order chi connectivity index (χ1) is 20.0. The second-order valence-corrected chi connectivity index (χ2v) is 10.8. The van der Waals surface area contributed by atoms with Crippen LogP contribution in [0.15, 0.2) is 42.5 Å². The van der Waals surface area contributed by atoms with Gasteiger partial charge in [-0.2, -0.15) is 0 Å². The van der Waals surface area contributed by atoms with Gasteiger partial charge in [0.2, 0.25) is 0 Å². The van der Waals surface area contributed by atoms with Crippen molar-refractivity contribution < 1.29 is 32.7 Å². The van der Waals surface area contributed by atoms with E-state index in [2.05, 4.69) is 15.6 Å². The Balaban J connectivity index is 2.24. The van der Waals surface area contributed by atoms with E-state index in [1.54, 1.807) is 38.4 Å². The summed E-state index contributed by atoms with van der Waals surface area (Å²) in [6.07, 6.45) is -0.304. The molecule has 0 spiro atoms. The molecule has 0 atom stereocenters. The van der Waals surface area contributed by atoms with Gasteiger partial charge in [-0.3, -0.25) is 14.5 Å². The van der Waals surface area contributed by atoms with Crippen LogP contribution in [0.1, 0.15) is 34.8 Å². The van der Waals surface area contributed by atoms with Crippen LogP contribution >= 0.6 is 11.3 Å². The molecule has 0 aliphatic rings. The third kappa shape index (κ3) is 7.81. The number of urea groups is 1. The van der Waals surface area contributed by atoms with E-state index in [-0.39, 0.29) is 28.6 Å². The third-order valence-electron chi connectivity index (χ3n) is 5.96. The zero-order valence-corrected chi connectivity index (χ0v) is 25.2. The van der Waals surface area contributed by atoms with Crippen molar-refractivity contribution in [2.24, 2.45) is 0 Å². The molecule has 1 aromatic heterocycles. The number of carbonyl (C=O) groups is 3. The van der Waals surface area contributed by atoms with Gasteiger partial charge in [-0.25, -0.2) is 23.9 Å². The number of nitrogens with zero attached hydrogens (tertiary/aromatic N) is 3. The minimum atomic E-state index is -0.833. The highest BCUT2D eigenvalue weighted by Crippen LogP contribution is 2.44. The summed E-state index contributed by atoms with van der Waals surface area (Å²) >= 11 is 1.14. The molecule has 3 aromatic rings. The topological polar surface area (TPSA) is 103 Å². The summed E-state index contributed by atoms with van der Waals surface area (Å²) in [5.74, 6) is -2.04. The number of hydrogen-bond donors (Lipinski definition) is 2. The smallest absolute Gasteiger partial charge is 0.415 e. The molecule has 42 heavy (non-hydrogen) atoms. The fraction of sp³-hybridized carbons (Fsp3) is 0.345. The summed E-state index contributed by atoms with van der Waals surface area (Å²) in [5.41, 5.74) is 3.88. The van der Waals surface area contributed by atoms with Crippen molar-refractivity contribution in [2.45, 2.75) is 26.4 Å². The Hall–Kier alpha value is -4.07. The van der Waals surface area contributed by atoms with Gasteiger partial charge in [0.15, 0.2) is 0 Å². The molecule has 0 radical (unpaired) electrons. The standard InChI is InChI=1S/C29H35F2N5O5S/c1-7-15-41-29(39)36(17-20-22(30)9-8-10-23(20)31)27-24(26(37)35(4)5)21(16-34(2)3)25(42-27)18-11-13-19(14-12-18)32-28(38)33-40-6/h8-14H,7,15-17H2,1-6H3,(H2,32,33,38). The highest BCUT2D eigenvalue weighted by atomic mass is 32.1. The van der Waals surface area contributed by atoms with Crippen LogP contribution in [-0.2, 0) is 22.7 Å². The van der Waals surface area contributed by atoms with Crippen molar-refractivity contribution in [2.75, 3.05) is 52.1 Å². The van der Waals surface area contributed by atoms with Crippen molar-refractivity contribution in [3.8, 4) is 10.4 Å². The average Bonchev–Trinajstić information content (AvgIpc) is 3.29. The highest BCUT2D eigenvalue weighted by Gasteiger charge is 2.33. The Labute approximate surface area is 247 Å². The van der Waals surface area contributed by atoms with Gasteiger partial charge in [-0.15, -0.1) is 11.3 Å². The molecule has 0 saturated heterocycles. The molecule has 0 fully saturated rings. The molecule has 0 unspecified atom stereocenters. The lowest BCUT2D eigenvalue weighted by molar-refractivity contribution is 0.0827. The Morgan fingerprint density at radius 3 is 2.12 bits per heavy atom. The molecule has 0 aliphatic carbocycles. The number of rotatable bonds is 11. The Morgan fingerprint density at radius 2 is 1.57 bits per heavy atom. The highest BCUT2D eigenvalue weighted by molar-refractivity contribution is 7.20. The van der Waals surface area contributed by atoms with E-state index >= 15 is 0 Å². The molecular formula is C29H35F2N5O5S. The first kappa shape index (κ1) is 32.4. The lowest BCUT2D eigenvalue weighted by Crippen LogP contribution is -2.34. The first-order valence-electron chi connectivity index (χ1n) is 13.1. The second-order valence-electron chi connectivity index (χ2n) is 9.77. The molecule has 13 heteroatoms. The normalized spacial score (nSPS) is 10.9. The number of amides is 4. The molecule has 2 aromatic carbocycles. The fourth-order valence-corrected chi connectivity index (χ4v) is 5.37. The van der Waals surface area contributed by atoms with Crippen molar-refractivity contribution in [3.63, 3.8) is 0 Å². The van der Waals surface area contributed by atoms with Gasteiger partial charge in [0.1, 0.15) is 16.6 Å². The molecule has 4 amide bonds. The summed E-state index contributed by atoms with van der Waals surface area (Å²) in [4.78, 5) is 48.6. The number of benzene rings is 2. The summed E-state index contributed by atoms with van der Waals surface area (Å²) in [6.45, 7) is 1.74. The van der Waals surface area contributed by atoms with Crippen LogP contribution in [0.4, 0.5) is 29.1 Å². The molecular weight excluding hydrogens is 568 g/mol. The Kier molecular flexibility index (Phi) is 11.4. The number of anilines is 2. The summed E-state index contributed by atoms with van der Waals surface area (Å²) in [6, 6.07) is 9.79. The maximum absolute atomic E-state index is 14.8. The van der Waals surface area contributed by atoms with Crippen molar-refractivity contribution in [3.05, 3.63) is 70.8 Å². The quantitative estimate of drug-likeness (QED) is 0.273. The van der Waals surface area contributed by atoms with Crippen LogP contribution in [0.25, 0.3) is 10.4 Å². The van der Waals surface area contributed by atoms with Crippen LogP contribution < -0.4 is 15.7 Å². The average molecular weight is 604 g/mol. The molecule has 0 bridgehead atoms. The van der Waals surface area contributed by atoms with E-state index in [0.717, 1.165) is 28.4 Å². The van der Waals surface area contributed by atoms with E-state index in [1.165, 1.54) is 18.1 Å². The van der Waals surface area contributed by atoms with Crippen LogP contribution in [0.3, 0.4) is 0 Å². The Bertz CT molecular complexity index is 1390. The molecule has 1 heterocycles. The lowest BCUT2D eigenvalue weighted by Gasteiger charge is -2.24. The maximum atomic E-state index is 14.8. The van der Waals surface area contributed by atoms with E-state index in [0.29, 0.717) is 34.7 Å². The number of carbonyl (C=O) groups excluding carboxylic acids is 3. The van der Waals surface area contributed by atoms with E-state index in [4.69, 9.17) is 4.74 Å². The number of nitrogens with one attached hydrogen (secondary N) is 2. The molecule has 226 valence electrons. The zero-order valence-electron chi connectivity index (χ0n) is 24.4. The maximum Gasteiger partial charge on any atom is 0.415 e. The largest absolute Gasteiger partial charge is 0.449 e. The van der Waals surface area contributed by atoms with Gasteiger partial charge in [0, 0.05) is 36.8 Å². The second kappa shape index (κ2) is 14.7. The van der Waals surface area contributed by atoms with Crippen molar-refractivity contribution >= 4 is 40.1 Å². The van der Waals surface area contributed by atoms with Gasteiger partial charge in [0.05, 0.1) is 25.8 Å². The minimum Gasteiger partial charge on any atom is -0.449 e. The third-order valence-corrected chi connectivity index (χ3v) is 7.26. The Morgan fingerprint density at radius 1 is 0.929 bits per heavy atom. The number of hydroxylamine groups is 1. The molecule has 2 N–H and O–H groups in total. The van der Waals surface area contributed by atoms with E-state index in [9.17, 15) is 23.2 Å². The van der Waals surface area contributed by atoms with Gasteiger partial charge >= 0.3 is 12.1 Å². The van der Waals surface area contributed by atoms with E-state index < -0.39 is 30.3 Å². The number of halogens is 2. The van der Waals surface area contributed by atoms with Crippen LogP contribution in [0.2, 0.25) is 0 Å². The van der Waals surface area contributed by atoms with Crippen LogP contribution in [-0.4, -0.2) is 69.7 Å². The van der Waals surface area contributed by atoms with Gasteiger partial charge in [0.25, 0.3) is 5.91 Å². The molecule has 3 rings (SSSR count). The molecule has 0 saturated carbocycles.